The molecule has 0 aromatic carbocycles. The number of hydrogen-bond donors (Lipinski definition) is 1. The van der Waals surface area contributed by atoms with Crippen LogP contribution in [0.5, 0.6) is 0 Å². The van der Waals surface area contributed by atoms with Crippen LogP contribution in [0, 0.1) is 0 Å². The van der Waals surface area contributed by atoms with Gasteiger partial charge in [-0.05, 0) is 19.3 Å². The van der Waals surface area contributed by atoms with E-state index < -0.39 is 10.2 Å². The van der Waals surface area contributed by atoms with Crippen LogP contribution in [0.3, 0.4) is 0 Å². The monoisotopic (exact) mass is 297 g/mol. The molecule has 0 bridgehead atoms. The van der Waals surface area contributed by atoms with E-state index in [2.05, 4.69) is 0 Å². The standard InChI is InChI=1S/C11H23N3O2S.ClH/c1-13(11-5-3-2-4-6-11)17(15,16)14-8-7-10(12)9-14;/h10-11H,2-9,12H2,1H3;1H/t10-;/m0./s1. The molecule has 2 rings (SSSR count). The predicted octanol–water partition coefficient (Wildman–Crippen LogP) is 0.950. The summed E-state index contributed by atoms with van der Waals surface area (Å²) < 4.78 is 27.9. The van der Waals surface area contributed by atoms with Crippen LogP contribution in [0.1, 0.15) is 38.5 Å². The first kappa shape index (κ1) is 16.2. The molecule has 0 amide bonds. The molecule has 108 valence electrons. The maximum absolute atomic E-state index is 12.4. The third-order valence-electron chi connectivity index (χ3n) is 3.97. The molecule has 0 aromatic rings. The summed E-state index contributed by atoms with van der Waals surface area (Å²) in [5.74, 6) is 0. The number of hydrogen-bond acceptors (Lipinski definition) is 3. The smallest absolute Gasteiger partial charge is 0.282 e. The van der Waals surface area contributed by atoms with Gasteiger partial charge in [-0.3, -0.25) is 0 Å². The van der Waals surface area contributed by atoms with Crippen LogP contribution in [0.25, 0.3) is 0 Å². The van der Waals surface area contributed by atoms with E-state index in [0.29, 0.717) is 13.1 Å². The summed E-state index contributed by atoms with van der Waals surface area (Å²) in [5.41, 5.74) is 5.78. The van der Waals surface area contributed by atoms with Gasteiger partial charge in [-0.25, -0.2) is 0 Å². The summed E-state index contributed by atoms with van der Waals surface area (Å²) in [6.07, 6.45) is 6.29. The molecule has 0 spiro atoms. The molecule has 1 aliphatic heterocycles. The Hall–Kier alpha value is 0.120. The SMILES string of the molecule is CN(C1CCCCC1)S(=O)(=O)N1CC[C@H](N)C1.Cl. The fourth-order valence-corrected chi connectivity index (χ4v) is 4.45. The van der Waals surface area contributed by atoms with Crippen molar-refractivity contribution in [3.8, 4) is 0 Å². The minimum Gasteiger partial charge on any atom is -0.326 e. The highest BCUT2D eigenvalue weighted by molar-refractivity contribution is 7.86. The van der Waals surface area contributed by atoms with Crippen molar-refractivity contribution in [1.29, 1.82) is 0 Å². The first-order valence-corrected chi connectivity index (χ1v) is 7.90. The number of nitrogens with zero attached hydrogens (tertiary/aromatic N) is 2. The van der Waals surface area contributed by atoms with Gasteiger partial charge in [0.1, 0.15) is 0 Å². The Morgan fingerprint density at radius 1 is 1.17 bits per heavy atom. The summed E-state index contributed by atoms with van der Waals surface area (Å²) in [7, 11) is -1.57. The fraction of sp³-hybridized carbons (Fsp3) is 1.00. The van der Waals surface area contributed by atoms with Crippen molar-refractivity contribution in [3.05, 3.63) is 0 Å². The molecular formula is C11H24ClN3O2S. The summed E-state index contributed by atoms with van der Waals surface area (Å²) in [6.45, 7) is 1.04. The van der Waals surface area contributed by atoms with Crippen molar-refractivity contribution in [3.63, 3.8) is 0 Å². The molecule has 2 N–H and O–H groups in total. The average molecular weight is 298 g/mol. The molecule has 1 atom stereocenters. The Morgan fingerprint density at radius 2 is 1.78 bits per heavy atom. The molecule has 1 aliphatic carbocycles. The van der Waals surface area contributed by atoms with Crippen molar-refractivity contribution >= 4 is 22.6 Å². The quantitative estimate of drug-likeness (QED) is 0.843. The summed E-state index contributed by atoms with van der Waals surface area (Å²) in [5, 5.41) is 0. The van der Waals surface area contributed by atoms with Crippen LogP contribution < -0.4 is 5.73 Å². The molecule has 2 fully saturated rings. The zero-order valence-corrected chi connectivity index (χ0v) is 12.5. The van der Waals surface area contributed by atoms with Crippen LogP contribution in [0.2, 0.25) is 0 Å². The Labute approximate surface area is 116 Å². The molecule has 18 heavy (non-hydrogen) atoms. The second-order valence-electron chi connectivity index (χ2n) is 5.22. The van der Waals surface area contributed by atoms with Gasteiger partial charge in [0.05, 0.1) is 0 Å². The van der Waals surface area contributed by atoms with Crippen molar-refractivity contribution in [1.82, 2.24) is 8.61 Å². The zero-order chi connectivity index (χ0) is 12.5. The lowest BCUT2D eigenvalue weighted by Gasteiger charge is -2.33. The molecule has 5 nitrogen and oxygen atoms in total. The van der Waals surface area contributed by atoms with Crippen molar-refractivity contribution in [2.45, 2.75) is 50.6 Å². The molecule has 1 saturated carbocycles. The van der Waals surface area contributed by atoms with E-state index >= 15 is 0 Å². The maximum atomic E-state index is 12.4. The number of halogens is 1. The third kappa shape index (κ3) is 3.36. The second kappa shape index (κ2) is 6.52. The van der Waals surface area contributed by atoms with E-state index in [0.717, 1.165) is 32.1 Å². The van der Waals surface area contributed by atoms with Gasteiger partial charge in [-0.15, -0.1) is 12.4 Å². The maximum Gasteiger partial charge on any atom is 0.282 e. The molecule has 1 saturated heterocycles. The van der Waals surface area contributed by atoms with Gasteiger partial charge in [-0.2, -0.15) is 17.0 Å². The summed E-state index contributed by atoms with van der Waals surface area (Å²) in [6, 6.07) is 0.190. The van der Waals surface area contributed by atoms with Gasteiger partial charge in [0.15, 0.2) is 0 Å². The normalized spacial score (nSPS) is 27.4. The van der Waals surface area contributed by atoms with E-state index in [4.69, 9.17) is 5.73 Å². The second-order valence-corrected chi connectivity index (χ2v) is 7.21. The lowest BCUT2D eigenvalue weighted by atomic mass is 9.96. The minimum atomic E-state index is -3.28. The van der Waals surface area contributed by atoms with Crippen LogP contribution in [-0.4, -0.2) is 49.2 Å². The lowest BCUT2D eigenvalue weighted by molar-refractivity contribution is 0.268. The number of nitrogens with two attached hydrogens (primary N) is 1. The summed E-state index contributed by atoms with van der Waals surface area (Å²) >= 11 is 0. The zero-order valence-electron chi connectivity index (χ0n) is 10.9. The lowest BCUT2D eigenvalue weighted by Crippen LogP contribution is -2.46. The molecule has 7 heteroatoms. The molecule has 0 aromatic heterocycles. The highest BCUT2D eigenvalue weighted by Crippen LogP contribution is 2.25. The molecule has 2 aliphatic rings. The van der Waals surface area contributed by atoms with Crippen LogP contribution >= 0.6 is 12.4 Å². The van der Waals surface area contributed by atoms with Crippen LogP contribution in [0.4, 0.5) is 0 Å². The van der Waals surface area contributed by atoms with Gasteiger partial charge in [0.25, 0.3) is 10.2 Å². The number of rotatable bonds is 3. The topological polar surface area (TPSA) is 66.6 Å². The van der Waals surface area contributed by atoms with E-state index in [1.807, 2.05) is 0 Å². The third-order valence-corrected chi connectivity index (χ3v) is 5.98. The fourth-order valence-electron chi connectivity index (χ4n) is 2.78. The predicted molar refractivity (Wildman–Crippen MR) is 75.0 cm³/mol. The molecular weight excluding hydrogens is 274 g/mol. The van der Waals surface area contributed by atoms with Gasteiger partial charge in [0, 0.05) is 32.2 Å². The van der Waals surface area contributed by atoms with Crippen molar-refractivity contribution in [2.24, 2.45) is 5.73 Å². The van der Waals surface area contributed by atoms with Crippen LogP contribution in [0.15, 0.2) is 0 Å². The van der Waals surface area contributed by atoms with E-state index in [1.54, 1.807) is 11.4 Å². The molecule has 0 radical (unpaired) electrons. The largest absolute Gasteiger partial charge is 0.326 e. The van der Waals surface area contributed by atoms with Crippen molar-refractivity contribution in [2.75, 3.05) is 20.1 Å². The first-order chi connectivity index (χ1) is 8.01. The van der Waals surface area contributed by atoms with Gasteiger partial charge in [0.2, 0.25) is 0 Å². The van der Waals surface area contributed by atoms with Crippen LogP contribution in [-0.2, 0) is 10.2 Å². The van der Waals surface area contributed by atoms with Gasteiger partial charge in [-0.1, -0.05) is 19.3 Å². The first-order valence-electron chi connectivity index (χ1n) is 6.50. The molecule has 1 heterocycles. The highest BCUT2D eigenvalue weighted by atomic mass is 35.5. The van der Waals surface area contributed by atoms with E-state index in [-0.39, 0.29) is 24.5 Å². The Kier molecular flexibility index (Phi) is 5.86. The Bertz CT molecular complexity index is 357. The average Bonchev–Trinajstić information content (AvgIpc) is 2.77. The van der Waals surface area contributed by atoms with Gasteiger partial charge < -0.3 is 5.73 Å². The highest BCUT2D eigenvalue weighted by Gasteiger charge is 2.35. The Balaban J connectivity index is 0.00000162. The van der Waals surface area contributed by atoms with E-state index in [9.17, 15) is 8.42 Å². The van der Waals surface area contributed by atoms with Gasteiger partial charge >= 0.3 is 0 Å². The van der Waals surface area contributed by atoms with E-state index in [1.165, 1.54) is 10.7 Å². The minimum absolute atomic E-state index is 0. The van der Waals surface area contributed by atoms with Crippen molar-refractivity contribution < 1.29 is 8.42 Å². The summed E-state index contributed by atoms with van der Waals surface area (Å²) in [4.78, 5) is 0. The molecule has 0 unspecified atom stereocenters. The Morgan fingerprint density at radius 3 is 2.28 bits per heavy atom.